The molecule has 0 atom stereocenters. The van der Waals surface area contributed by atoms with Crippen molar-refractivity contribution in [1.82, 2.24) is 4.98 Å². The van der Waals surface area contributed by atoms with Gasteiger partial charge in [0.15, 0.2) is 0 Å². The van der Waals surface area contributed by atoms with Crippen molar-refractivity contribution >= 4 is 11.6 Å². The maximum absolute atomic E-state index is 12.5. The Hall–Kier alpha value is -2.43. The highest BCUT2D eigenvalue weighted by atomic mass is 16.4. The zero-order valence-corrected chi connectivity index (χ0v) is 13.2. The molecular formula is C18H20N2O3. The van der Waals surface area contributed by atoms with Gasteiger partial charge in [0, 0.05) is 30.9 Å². The zero-order chi connectivity index (χ0) is 16.2. The lowest BCUT2D eigenvalue weighted by atomic mass is 9.88. The Kier molecular flexibility index (Phi) is 4.55. The standard InChI is InChI=1S/C18H20N2O3/c1-20(17(21)13-6-3-2-4-7-13)15-9-10-16(23-18(15)22)14-8-5-11-19-12-14/h5,8-13H,2-4,6-7H2,1H3. The predicted molar refractivity (Wildman–Crippen MR) is 88.2 cm³/mol. The third kappa shape index (κ3) is 3.33. The zero-order valence-electron chi connectivity index (χ0n) is 13.2. The summed E-state index contributed by atoms with van der Waals surface area (Å²) < 4.78 is 5.36. The van der Waals surface area contributed by atoms with Crippen LogP contribution in [-0.4, -0.2) is 17.9 Å². The topological polar surface area (TPSA) is 63.4 Å². The third-order valence-corrected chi connectivity index (χ3v) is 4.40. The van der Waals surface area contributed by atoms with Gasteiger partial charge in [0.25, 0.3) is 0 Å². The number of carbonyl (C=O) groups excluding carboxylic acids is 1. The van der Waals surface area contributed by atoms with Crippen LogP contribution in [0, 0.1) is 5.92 Å². The summed E-state index contributed by atoms with van der Waals surface area (Å²) in [4.78, 5) is 30.3. The second kappa shape index (κ2) is 6.77. The summed E-state index contributed by atoms with van der Waals surface area (Å²) in [5.41, 5.74) is 0.517. The SMILES string of the molecule is CN(C(=O)C1CCCCC1)c1ccc(-c2cccnc2)oc1=O. The molecule has 0 spiro atoms. The summed E-state index contributed by atoms with van der Waals surface area (Å²) in [7, 11) is 1.65. The number of rotatable bonds is 3. The van der Waals surface area contributed by atoms with Crippen LogP contribution in [0.3, 0.4) is 0 Å². The Morgan fingerprint density at radius 2 is 2.00 bits per heavy atom. The first kappa shape index (κ1) is 15.5. The maximum atomic E-state index is 12.5. The number of aromatic nitrogens is 1. The summed E-state index contributed by atoms with van der Waals surface area (Å²) in [6.07, 6.45) is 8.46. The second-order valence-electron chi connectivity index (χ2n) is 5.95. The molecule has 3 rings (SSSR count). The third-order valence-electron chi connectivity index (χ3n) is 4.40. The Balaban J connectivity index is 1.83. The Morgan fingerprint density at radius 3 is 2.65 bits per heavy atom. The minimum absolute atomic E-state index is 0.00567. The van der Waals surface area contributed by atoms with Crippen molar-refractivity contribution in [2.24, 2.45) is 5.92 Å². The highest BCUT2D eigenvalue weighted by Gasteiger charge is 2.26. The summed E-state index contributed by atoms with van der Waals surface area (Å²) in [5, 5.41) is 0. The summed E-state index contributed by atoms with van der Waals surface area (Å²) in [6, 6.07) is 6.96. The monoisotopic (exact) mass is 312 g/mol. The van der Waals surface area contributed by atoms with Gasteiger partial charge in [0.05, 0.1) is 0 Å². The van der Waals surface area contributed by atoms with Gasteiger partial charge in [0.1, 0.15) is 11.4 Å². The number of nitrogens with zero attached hydrogens (tertiary/aromatic N) is 2. The number of amides is 1. The van der Waals surface area contributed by atoms with E-state index in [1.807, 2.05) is 6.07 Å². The molecule has 0 bridgehead atoms. The minimum atomic E-state index is -0.502. The van der Waals surface area contributed by atoms with E-state index < -0.39 is 5.63 Å². The average Bonchev–Trinajstić information content (AvgIpc) is 2.62. The van der Waals surface area contributed by atoms with Crippen LogP contribution in [0.15, 0.2) is 45.9 Å². The van der Waals surface area contributed by atoms with Crippen molar-refractivity contribution in [2.75, 3.05) is 11.9 Å². The van der Waals surface area contributed by atoms with Crippen LogP contribution in [0.25, 0.3) is 11.3 Å². The smallest absolute Gasteiger partial charge is 0.360 e. The number of pyridine rings is 1. The highest BCUT2D eigenvalue weighted by molar-refractivity contribution is 5.94. The second-order valence-corrected chi connectivity index (χ2v) is 5.95. The van der Waals surface area contributed by atoms with Gasteiger partial charge in [-0.05, 0) is 37.1 Å². The molecule has 5 heteroatoms. The van der Waals surface area contributed by atoms with Gasteiger partial charge in [-0.25, -0.2) is 4.79 Å². The Morgan fingerprint density at radius 1 is 1.22 bits per heavy atom. The van der Waals surface area contributed by atoms with Crippen LogP contribution in [-0.2, 0) is 4.79 Å². The Bertz CT molecular complexity index is 733. The predicted octanol–water partition coefficient (Wildman–Crippen LogP) is 3.24. The lowest BCUT2D eigenvalue weighted by molar-refractivity contribution is -0.123. The van der Waals surface area contributed by atoms with Gasteiger partial charge in [-0.2, -0.15) is 0 Å². The summed E-state index contributed by atoms with van der Waals surface area (Å²) in [5.74, 6) is 0.475. The van der Waals surface area contributed by atoms with E-state index in [1.165, 1.54) is 11.3 Å². The van der Waals surface area contributed by atoms with Crippen LogP contribution in [0.1, 0.15) is 32.1 Å². The van der Waals surface area contributed by atoms with Crippen LogP contribution in [0.2, 0.25) is 0 Å². The molecule has 0 aromatic carbocycles. The molecule has 0 N–H and O–H groups in total. The first-order valence-corrected chi connectivity index (χ1v) is 7.99. The first-order valence-electron chi connectivity index (χ1n) is 7.99. The molecule has 2 heterocycles. The van der Waals surface area contributed by atoms with Crippen LogP contribution < -0.4 is 10.5 Å². The molecule has 0 saturated heterocycles. The Labute approximate surface area is 135 Å². The number of hydrogen-bond donors (Lipinski definition) is 0. The van der Waals surface area contributed by atoms with E-state index in [-0.39, 0.29) is 17.5 Å². The fourth-order valence-electron chi connectivity index (χ4n) is 3.06. The molecule has 1 saturated carbocycles. The van der Waals surface area contributed by atoms with Gasteiger partial charge >= 0.3 is 5.63 Å². The van der Waals surface area contributed by atoms with E-state index in [1.54, 1.807) is 37.6 Å². The molecule has 1 aliphatic rings. The van der Waals surface area contributed by atoms with E-state index in [2.05, 4.69) is 4.98 Å². The lowest BCUT2D eigenvalue weighted by Crippen LogP contribution is -2.36. The molecule has 0 aliphatic heterocycles. The molecule has 1 amide bonds. The molecule has 1 fully saturated rings. The molecule has 5 nitrogen and oxygen atoms in total. The largest absolute Gasteiger partial charge is 0.421 e. The van der Waals surface area contributed by atoms with E-state index in [9.17, 15) is 9.59 Å². The highest BCUT2D eigenvalue weighted by Crippen LogP contribution is 2.26. The van der Waals surface area contributed by atoms with Crippen molar-refractivity contribution in [3.05, 3.63) is 47.1 Å². The van der Waals surface area contributed by atoms with Crippen LogP contribution >= 0.6 is 0 Å². The molecule has 0 radical (unpaired) electrons. The molecular weight excluding hydrogens is 292 g/mol. The van der Waals surface area contributed by atoms with E-state index in [0.29, 0.717) is 5.76 Å². The molecule has 120 valence electrons. The normalized spacial score (nSPS) is 15.3. The van der Waals surface area contributed by atoms with Gasteiger partial charge < -0.3 is 9.32 Å². The van der Waals surface area contributed by atoms with Crippen molar-refractivity contribution in [2.45, 2.75) is 32.1 Å². The number of carbonyl (C=O) groups is 1. The van der Waals surface area contributed by atoms with Gasteiger partial charge in [-0.15, -0.1) is 0 Å². The van der Waals surface area contributed by atoms with Crippen molar-refractivity contribution in [3.8, 4) is 11.3 Å². The molecule has 0 unspecified atom stereocenters. The number of anilines is 1. The van der Waals surface area contributed by atoms with E-state index in [0.717, 1.165) is 31.2 Å². The van der Waals surface area contributed by atoms with Gasteiger partial charge in [-0.1, -0.05) is 19.3 Å². The van der Waals surface area contributed by atoms with Gasteiger partial charge in [-0.3, -0.25) is 9.78 Å². The molecule has 2 aromatic heterocycles. The first-order chi connectivity index (χ1) is 11.2. The quantitative estimate of drug-likeness (QED) is 0.873. The summed E-state index contributed by atoms with van der Waals surface area (Å²) >= 11 is 0. The summed E-state index contributed by atoms with van der Waals surface area (Å²) in [6.45, 7) is 0. The fraction of sp³-hybridized carbons (Fsp3) is 0.389. The maximum Gasteiger partial charge on any atom is 0.360 e. The lowest BCUT2D eigenvalue weighted by Gasteiger charge is -2.25. The molecule has 1 aliphatic carbocycles. The van der Waals surface area contributed by atoms with Crippen LogP contribution in [0.4, 0.5) is 5.69 Å². The molecule has 2 aromatic rings. The van der Waals surface area contributed by atoms with E-state index in [4.69, 9.17) is 4.42 Å². The van der Waals surface area contributed by atoms with Crippen LogP contribution in [0.5, 0.6) is 0 Å². The van der Waals surface area contributed by atoms with Gasteiger partial charge in [0.2, 0.25) is 5.91 Å². The molecule has 23 heavy (non-hydrogen) atoms. The fourth-order valence-corrected chi connectivity index (χ4v) is 3.06. The minimum Gasteiger partial charge on any atom is -0.421 e. The number of hydrogen-bond acceptors (Lipinski definition) is 4. The van der Waals surface area contributed by atoms with E-state index >= 15 is 0 Å². The van der Waals surface area contributed by atoms with Crippen molar-refractivity contribution < 1.29 is 9.21 Å². The average molecular weight is 312 g/mol. The van der Waals surface area contributed by atoms with Crippen molar-refractivity contribution in [3.63, 3.8) is 0 Å². The van der Waals surface area contributed by atoms with Crippen molar-refractivity contribution in [1.29, 1.82) is 0 Å².